The average molecular weight is 522 g/mol. The fraction of sp³-hybridized carbons (Fsp3) is 0.650. The van der Waals surface area contributed by atoms with E-state index in [-0.39, 0.29) is 30.0 Å². The molecule has 1 aromatic carbocycles. The van der Waals surface area contributed by atoms with Crippen LogP contribution in [0.15, 0.2) is 34.2 Å². The molecule has 2 rings (SSSR count). The van der Waals surface area contributed by atoms with Gasteiger partial charge in [0.25, 0.3) is 0 Å². The summed E-state index contributed by atoms with van der Waals surface area (Å²) >= 11 is 0. The summed E-state index contributed by atoms with van der Waals surface area (Å²) in [5.74, 6) is 1.62. The highest BCUT2D eigenvalue weighted by Crippen LogP contribution is 2.23. The topological polar surface area (TPSA) is 73.8 Å². The van der Waals surface area contributed by atoms with Crippen LogP contribution in [-0.2, 0) is 16.6 Å². The number of hydrogen-bond donors (Lipinski definition) is 2. The molecule has 0 atom stereocenters. The Labute approximate surface area is 187 Å². The van der Waals surface area contributed by atoms with Crippen molar-refractivity contribution < 1.29 is 8.42 Å². The Morgan fingerprint density at radius 2 is 1.75 bits per heavy atom. The van der Waals surface area contributed by atoms with Crippen molar-refractivity contribution in [3.8, 4) is 0 Å². The van der Waals surface area contributed by atoms with Crippen LogP contribution in [0.2, 0.25) is 0 Å². The van der Waals surface area contributed by atoms with Gasteiger partial charge in [0, 0.05) is 32.7 Å². The molecule has 0 unspecified atom stereocenters. The van der Waals surface area contributed by atoms with E-state index >= 15 is 0 Å². The summed E-state index contributed by atoms with van der Waals surface area (Å²) < 4.78 is 26.4. The first-order valence-corrected chi connectivity index (χ1v) is 11.2. The molecule has 28 heavy (non-hydrogen) atoms. The molecule has 0 bridgehead atoms. The van der Waals surface area contributed by atoms with E-state index in [2.05, 4.69) is 22.5 Å². The van der Waals surface area contributed by atoms with Crippen molar-refractivity contribution in [2.45, 2.75) is 70.0 Å². The summed E-state index contributed by atoms with van der Waals surface area (Å²) in [4.78, 5) is 4.63. The largest absolute Gasteiger partial charge is 0.354 e. The predicted octanol–water partition coefficient (Wildman–Crippen LogP) is 3.58. The SMILES string of the molecule is CN=C(NCc1ccc(S(=O)(=O)N(C)C(C)C)cc1)NC1CCC(C)CC1.I. The molecule has 0 spiro atoms. The van der Waals surface area contributed by atoms with Gasteiger partial charge in [-0.15, -0.1) is 24.0 Å². The van der Waals surface area contributed by atoms with Crippen molar-refractivity contribution in [1.82, 2.24) is 14.9 Å². The van der Waals surface area contributed by atoms with Crippen molar-refractivity contribution >= 4 is 40.0 Å². The molecule has 8 heteroatoms. The fourth-order valence-corrected chi connectivity index (χ4v) is 4.57. The molecule has 0 amide bonds. The number of nitrogens with zero attached hydrogens (tertiary/aromatic N) is 2. The van der Waals surface area contributed by atoms with Gasteiger partial charge in [0.15, 0.2) is 5.96 Å². The van der Waals surface area contributed by atoms with Gasteiger partial charge in [0.1, 0.15) is 0 Å². The van der Waals surface area contributed by atoms with Crippen LogP contribution >= 0.6 is 24.0 Å². The van der Waals surface area contributed by atoms with Crippen LogP contribution in [0.5, 0.6) is 0 Å². The molecular weight excluding hydrogens is 487 g/mol. The third-order valence-electron chi connectivity index (χ3n) is 5.37. The van der Waals surface area contributed by atoms with Gasteiger partial charge in [-0.1, -0.05) is 19.1 Å². The lowest BCUT2D eigenvalue weighted by molar-refractivity contribution is 0.329. The Morgan fingerprint density at radius 1 is 1.18 bits per heavy atom. The maximum absolute atomic E-state index is 12.5. The molecule has 0 aromatic heterocycles. The van der Waals surface area contributed by atoms with Crippen LogP contribution < -0.4 is 10.6 Å². The third-order valence-corrected chi connectivity index (χ3v) is 7.42. The Bertz CT molecular complexity index is 727. The monoisotopic (exact) mass is 522 g/mol. The van der Waals surface area contributed by atoms with E-state index in [0.717, 1.165) is 17.4 Å². The number of guanidine groups is 1. The highest BCUT2D eigenvalue weighted by molar-refractivity contribution is 14.0. The summed E-state index contributed by atoms with van der Waals surface area (Å²) in [5, 5.41) is 6.82. The van der Waals surface area contributed by atoms with E-state index < -0.39 is 10.0 Å². The molecule has 0 radical (unpaired) electrons. The Balaban J connectivity index is 0.00000392. The van der Waals surface area contributed by atoms with Crippen LogP contribution in [0.4, 0.5) is 0 Å². The van der Waals surface area contributed by atoms with E-state index in [1.807, 2.05) is 26.0 Å². The maximum atomic E-state index is 12.5. The summed E-state index contributed by atoms with van der Waals surface area (Å²) in [6.07, 6.45) is 4.88. The summed E-state index contributed by atoms with van der Waals surface area (Å²) in [6, 6.07) is 7.45. The first kappa shape index (κ1) is 25.2. The molecule has 0 saturated heterocycles. The van der Waals surface area contributed by atoms with E-state index in [0.29, 0.717) is 17.5 Å². The number of aliphatic imine (C=N–C) groups is 1. The lowest BCUT2D eigenvalue weighted by Gasteiger charge is -2.28. The molecule has 1 fully saturated rings. The molecule has 1 aliphatic carbocycles. The van der Waals surface area contributed by atoms with Gasteiger partial charge in [-0.2, -0.15) is 4.31 Å². The fourth-order valence-electron chi connectivity index (χ4n) is 3.20. The zero-order valence-electron chi connectivity index (χ0n) is 17.6. The van der Waals surface area contributed by atoms with Gasteiger partial charge in [-0.3, -0.25) is 4.99 Å². The number of nitrogens with one attached hydrogen (secondary N) is 2. The highest BCUT2D eigenvalue weighted by atomic mass is 127. The third kappa shape index (κ3) is 6.88. The summed E-state index contributed by atoms with van der Waals surface area (Å²) in [6.45, 7) is 6.64. The molecule has 160 valence electrons. The smallest absolute Gasteiger partial charge is 0.243 e. The molecule has 1 aromatic rings. The molecule has 1 aliphatic rings. The van der Waals surface area contributed by atoms with Gasteiger partial charge < -0.3 is 10.6 Å². The van der Waals surface area contributed by atoms with Gasteiger partial charge in [-0.05, 0) is 63.1 Å². The molecule has 6 nitrogen and oxygen atoms in total. The van der Waals surface area contributed by atoms with Gasteiger partial charge in [0.2, 0.25) is 10.0 Å². The quantitative estimate of drug-likeness (QED) is 0.341. The zero-order valence-corrected chi connectivity index (χ0v) is 20.8. The second-order valence-electron chi connectivity index (χ2n) is 7.79. The lowest BCUT2D eigenvalue weighted by atomic mass is 9.87. The first-order chi connectivity index (χ1) is 12.7. The molecule has 2 N–H and O–H groups in total. The van der Waals surface area contributed by atoms with Crippen molar-refractivity contribution in [2.75, 3.05) is 14.1 Å². The van der Waals surface area contributed by atoms with Crippen LogP contribution in [-0.4, -0.2) is 44.9 Å². The van der Waals surface area contributed by atoms with E-state index in [4.69, 9.17) is 0 Å². The number of hydrogen-bond acceptors (Lipinski definition) is 3. The highest BCUT2D eigenvalue weighted by Gasteiger charge is 2.23. The second kappa shape index (κ2) is 11.3. The normalized spacial score (nSPS) is 20.8. The molecule has 0 heterocycles. The van der Waals surface area contributed by atoms with E-state index in [1.165, 1.54) is 30.0 Å². The molecular formula is C20H35IN4O2S. The molecule has 1 saturated carbocycles. The number of halogens is 1. The van der Waals surface area contributed by atoms with Crippen molar-refractivity contribution in [2.24, 2.45) is 10.9 Å². The van der Waals surface area contributed by atoms with Crippen molar-refractivity contribution in [1.29, 1.82) is 0 Å². The van der Waals surface area contributed by atoms with Crippen LogP contribution in [0.3, 0.4) is 0 Å². The second-order valence-corrected chi connectivity index (χ2v) is 9.78. The van der Waals surface area contributed by atoms with Gasteiger partial charge >= 0.3 is 0 Å². The number of rotatable bonds is 6. The van der Waals surface area contributed by atoms with Gasteiger partial charge in [0.05, 0.1) is 4.90 Å². The number of sulfonamides is 1. The summed E-state index contributed by atoms with van der Waals surface area (Å²) in [5.41, 5.74) is 1.02. The Hall–Kier alpha value is -0.870. The summed E-state index contributed by atoms with van der Waals surface area (Å²) in [7, 11) is -0.0535. The maximum Gasteiger partial charge on any atom is 0.243 e. The van der Waals surface area contributed by atoms with Crippen molar-refractivity contribution in [3.05, 3.63) is 29.8 Å². The average Bonchev–Trinajstić information content (AvgIpc) is 2.66. The lowest BCUT2D eigenvalue weighted by Crippen LogP contribution is -2.44. The van der Waals surface area contributed by atoms with E-state index in [9.17, 15) is 8.42 Å². The zero-order chi connectivity index (χ0) is 20.0. The molecule has 0 aliphatic heterocycles. The Kier molecular flexibility index (Phi) is 10.2. The standard InChI is InChI=1S/C20H34N4O2S.HI/c1-15(2)24(5)27(25,26)19-12-8-17(9-13-19)14-22-20(21-4)23-18-10-6-16(3)7-11-18;/h8-9,12-13,15-16,18H,6-7,10-11,14H2,1-5H3,(H2,21,22,23);1H. The first-order valence-electron chi connectivity index (χ1n) is 9.78. The van der Waals surface area contributed by atoms with Crippen LogP contribution in [0.1, 0.15) is 52.0 Å². The van der Waals surface area contributed by atoms with Crippen molar-refractivity contribution in [3.63, 3.8) is 0 Å². The minimum atomic E-state index is -3.44. The van der Waals surface area contributed by atoms with Crippen LogP contribution in [0.25, 0.3) is 0 Å². The Morgan fingerprint density at radius 3 is 2.25 bits per heavy atom. The predicted molar refractivity (Wildman–Crippen MR) is 127 cm³/mol. The minimum absolute atomic E-state index is 0. The minimum Gasteiger partial charge on any atom is -0.354 e. The van der Waals surface area contributed by atoms with Crippen LogP contribution in [0, 0.1) is 5.92 Å². The van der Waals surface area contributed by atoms with E-state index in [1.54, 1.807) is 26.2 Å². The van der Waals surface area contributed by atoms with Gasteiger partial charge in [-0.25, -0.2) is 8.42 Å². The number of benzene rings is 1.